The van der Waals surface area contributed by atoms with Crippen LogP contribution in [0.4, 0.5) is 23.2 Å². The Kier molecular flexibility index (Phi) is 7.33. The van der Waals surface area contributed by atoms with Crippen molar-refractivity contribution >= 4 is 22.9 Å². The Bertz CT molecular complexity index is 1400. The normalized spacial score (nSPS) is 12.4. The largest absolute Gasteiger partial charge is 0.416 e. The number of pyridine rings is 1. The Morgan fingerprint density at radius 1 is 1.14 bits per heavy atom. The average Bonchev–Trinajstić information content (AvgIpc) is 3.33. The molecular formula is C23H18F4N6O2S. The van der Waals surface area contributed by atoms with E-state index >= 15 is 0 Å². The SMILES string of the molecule is Cc1ccc(NC(=O)c2cnc(CNC(O)c3cc(-c4cccnc4F)ncn3)s2)cc1C(F)(F)F. The molecule has 0 aliphatic rings. The van der Waals surface area contributed by atoms with E-state index in [2.05, 4.69) is 30.6 Å². The summed E-state index contributed by atoms with van der Waals surface area (Å²) >= 11 is 1.00. The van der Waals surface area contributed by atoms with Gasteiger partial charge in [0.05, 0.1) is 35.3 Å². The Morgan fingerprint density at radius 2 is 1.94 bits per heavy atom. The predicted octanol–water partition coefficient (Wildman–Crippen LogP) is 4.49. The second-order valence-corrected chi connectivity index (χ2v) is 8.67. The number of nitrogens with one attached hydrogen (secondary N) is 2. The summed E-state index contributed by atoms with van der Waals surface area (Å²) in [6.45, 7) is 1.40. The zero-order chi connectivity index (χ0) is 25.9. The van der Waals surface area contributed by atoms with Crippen molar-refractivity contribution in [3.05, 3.63) is 87.8 Å². The molecule has 1 aromatic carbocycles. The zero-order valence-corrected chi connectivity index (χ0v) is 19.4. The first-order chi connectivity index (χ1) is 17.1. The van der Waals surface area contributed by atoms with E-state index in [1.54, 1.807) is 6.07 Å². The van der Waals surface area contributed by atoms with E-state index in [-0.39, 0.29) is 39.6 Å². The van der Waals surface area contributed by atoms with Gasteiger partial charge < -0.3 is 10.4 Å². The minimum absolute atomic E-state index is 0.00559. The minimum atomic E-state index is -4.54. The number of alkyl halides is 3. The topological polar surface area (TPSA) is 113 Å². The van der Waals surface area contributed by atoms with Gasteiger partial charge in [-0.15, -0.1) is 11.3 Å². The van der Waals surface area contributed by atoms with E-state index in [9.17, 15) is 27.5 Å². The van der Waals surface area contributed by atoms with E-state index in [0.29, 0.717) is 5.01 Å². The van der Waals surface area contributed by atoms with E-state index in [1.807, 2.05) is 0 Å². The van der Waals surface area contributed by atoms with Gasteiger partial charge in [-0.3, -0.25) is 10.1 Å². The molecule has 0 aliphatic heterocycles. The smallest absolute Gasteiger partial charge is 0.373 e. The van der Waals surface area contributed by atoms with Crippen LogP contribution in [-0.4, -0.2) is 30.9 Å². The maximum Gasteiger partial charge on any atom is 0.416 e. The Labute approximate surface area is 206 Å². The zero-order valence-electron chi connectivity index (χ0n) is 18.5. The lowest BCUT2D eigenvalue weighted by molar-refractivity contribution is -0.138. The van der Waals surface area contributed by atoms with Crippen LogP contribution in [0.2, 0.25) is 0 Å². The van der Waals surface area contributed by atoms with Gasteiger partial charge in [0.15, 0.2) is 0 Å². The van der Waals surface area contributed by atoms with E-state index in [4.69, 9.17) is 0 Å². The number of aromatic nitrogens is 4. The number of amides is 1. The summed E-state index contributed by atoms with van der Waals surface area (Å²) in [7, 11) is 0. The van der Waals surface area contributed by atoms with Gasteiger partial charge in [0.1, 0.15) is 22.4 Å². The van der Waals surface area contributed by atoms with Gasteiger partial charge in [-0.05, 0) is 42.8 Å². The van der Waals surface area contributed by atoms with Gasteiger partial charge >= 0.3 is 6.18 Å². The predicted molar refractivity (Wildman–Crippen MR) is 123 cm³/mol. The highest BCUT2D eigenvalue weighted by Gasteiger charge is 2.32. The van der Waals surface area contributed by atoms with E-state index < -0.39 is 29.8 Å². The third-order valence-electron chi connectivity index (χ3n) is 5.03. The van der Waals surface area contributed by atoms with Crippen molar-refractivity contribution in [1.29, 1.82) is 0 Å². The molecule has 13 heteroatoms. The van der Waals surface area contributed by atoms with Crippen LogP contribution in [0.1, 0.15) is 37.7 Å². The van der Waals surface area contributed by atoms with E-state index in [1.165, 1.54) is 49.9 Å². The van der Waals surface area contributed by atoms with Crippen molar-refractivity contribution in [3.63, 3.8) is 0 Å². The molecule has 0 aliphatic carbocycles. The molecule has 4 rings (SSSR count). The molecule has 1 amide bonds. The maximum absolute atomic E-state index is 13.9. The molecule has 0 radical (unpaired) electrons. The number of anilines is 1. The van der Waals surface area contributed by atoms with Gasteiger partial charge in [-0.25, -0.2) is 19.9 Å². The van der Waals surface area contributed by atoms with Crippen LogP contribution in [0, 0.1) is 12.9 Å². The standard InChI is InChI=1S/C23H18F4N6O2S/c1-12-4-5-13(7-15(12)23(25,26)27)33-22(35)18-9-29-19(36-18)10-30-21(34)17-8-16(31-11-32-17)14-3-2-6-28-20(14)24/h2-9,11,21,30,34H,10H2,1H3,(H,33,35). The first kappa shape index (κ1) is 25.3. The average molecular weight is 518 g/mol. The highest BCUT2D eigenvalue weighted by atomic mass is 32.1. The molecule has 0 saturated heterocycles. The monoisotopic (exact) mass is 518 g/mol. The number of hydrogen-bond donors (Lipinski definition) is 3. The van der Waals surface area contributed by atoms with Crippen LogP contribution in [0.3, 0.4) is 0 Å². The summed E-state index contributed by atoms with van der Waals surface area (Å²) in [6.07, 6.45) is -2.01. The molecule has 0 bridgehead atoms. The van der Waals surface area contributed by atoms with Gasteiger partial charge in [0.25, 0.3) is 5.91 Å². The van der Waals surface area contributed by atoms with Gasteiger partial charge in [0, 0.05) is 11.9 Å². The fraction of sp³-hybridized carbons (Fsp3) is 0.174. The number of thiazole rings is 1. The molecule has 0 spiro atoms. The van der Waals surface area contributed by atoms with Crippen LogP contribution >= 0.6 is 11.3 Å². The molecule has 1 unspecified atom stereocenters. The van der Waals surface area contributed by atoms with Crippen LogP contribution < -0.4 is 10.6 Å². The number of carbonyl (C=O) groups excluding carboxylic acids is 1. The number of carbonyl (C=O) groups is 1. The molecule has 1 atom stereocenters. The summed E-state index contributed by atoms with van der Waals surface area (Å²) in [4.78, 5) is 28.3. The Hall–Kier alpha value is -3.81. The van der Waals surface area contributed by atoms with Crippen molar-refractivity contribution in [3.8, 4) is 11.3 Å². The molecule has 8 nitrogen and oxygen atoms in total. The third-order valence-corrected chi connectivity index (χ3v) is 6.02. The number of nitrogens with zero attached hydrogens (tertiary/aromatic N) is 4. The van der Waals surface area contributed by atoms with Crippen LogP contribution in [-0.2, 0) is 12.7 Å². The van der Waals surface area contributed by atoms with Crippen molar-refractivity contribution < 1.29 is 27.5 Å². The molecule has 0 fully saturated rings. The number of aliphatic hydroxyl groups is 1. The van der Waals surface area contributed by atoms with Crippen LogP contribution in [0.5, 0.6) is 0 Å². The lowest BCUT2D eigenvalue weighted by Gasteiger charge is -2.12. The van der Waals surface area contributed by atoms with Gasteiger partial charge in [-0.2, -0.15) is 17.6 Å². The minimum Gasteiger partial charge on any atom is -0.373 e. The number of hydrogen-bond acceptors (Lipinski definition) is 8. The van der Waals surface area contributed by atoms with Gasteiger partial charge in [0.2, 0.25) is 5.95 Å². The van der Waals surface area contributed by atoms with Crippen molar-refractivity contribution in [2.24, 2.45) is 0 Å². The third kappa shape index (κ3) is 5.87. The Balaban J connectivity index is 1.39. The van der Waals surface area contributed by atoms with E-state index in [0.717, 1.165) is 17.4 Å². The molecular weight excluding hydrogens is 500 g/mol. The summed E-state index contributed by atoms with van der Waals surface area (Å²) in [5.41, 5.74) is -0.206. The highest BCUT2D eigenvalue weighted by Crippen LogP contribution is 2.33. The van der Waals surface area contributed by atoms with Crippen molar-refractivity contribution in [1.82, 2.24) is 25.3 Å². The van der Waals surface area contributed by atoms with Crippen LogP contribution in [0.25, 0.3) is 11.3 Å². The molecule has 0 saturated carbocycles. The number of rotatable bonds is 7. The molecule has 3 heterocycles. The molecule has 3 aromatic heterocycles. The van der Waals surface area contributed by atoms with Crippen molar-refractivity contribution in [2.75, 3.05) is 5.32 Å². The fourth-order valence-electron chi connectivity index (χ4n) is 3.23. The first-order valence-electron chi connectivity index (χ1n) is 10.4. The second-order valence-electron chi connectivity index (χ2n) is 7.55. The molecule has 36 heavy (non-hydrogen) atoms. The second kappa shape index (κ2) is 10.4. The summed E-state index contributed by atoms with van der Waals surface area (Å²) in [5, 5.41) is 16.1. The summed E-state index contributed by atoms with van der Waals surface area (Å²) in [6, 6.07) is 8.00. The molecule has 3 N–H and O–H groups in total. The lowest BCUT2D eigenvalue weighted by Crippen LogP contribution is -2.21. The molecule has 4 aromatic rings. The Morgan fingerprint density at radius 3 is 2.69 bits per heavy atom. The quantitative estimate of drug-likeness (QED) is 0.188. The van der Waals surface area contributed by atoms with Gasteiger partial charge in [-0.1, -0.05) is 6.07 Å². The highest BCUT2D eigenvalue weighted by molar-refractivity contribution is 7.13. The number of benzene rings is 1. The molecule has 186 valence electrons. The van der Waals surface area contributed by atoms with Crippen molar-refractivity contribution in [2.45, 2.75) is 25.9 Å². The maximum atomic E-state index is 13.9. The summed E-state index contributed by atoms with van der Waals surface area (Å²) in [5.74, 6) is -1.33. The lowest BCUT2D eigenvalue weighted by atomic mass is 10.1. The number of halogens is 4. The first-order valence-corrected chi connectivity index (χ1v) is 11.2. The number of aliphatic hydroxyl groups excluding tert-OH is 1. The number of aryl methyl sites for hydroxylation is 1. The van der Waals surface area contributed by atoms with Crippen LogP contribution in [0.15, 0.2) is 55.1 Å². The fourth-order valence-corrected chi connectivity index (χ4v) is 3.99. The summed E-state index contributed by atoms with van der Waals surface area (Å²) < 4.78 is 53.3.